The van der Waals surface area contributed by atoms with Gasteiger partial charge in [0, 0.05) is 5.75 Å². The maximum absolute atomic E-state index is 11.9. The highest BCUT2D eigenvalue weighted by molar-refractivity contribution is 8.03. The van der Waals surface area contributed by atoms with Crippen LogP contribution in [-0.2, 0) is 10.5 Å². The van der Waals surface area contributed by atoms with Gasteiger partial charge >= 0.3 is 0 Å². The highest BCUT2D eigenvalue weighted by Gasteiger charge is 2.09. The zero-order valence-electron chi connectivity index (χ0n) is 16.1. The second kappa shape index (κ2) is 9.92. The second-order valence-corrected chi connectivity index (χ2v) is 9.71. The number of carbonyl (C=O) groups is 1. The largest absolute Gasteiger partial charge is 0.460 e. The molecule has 2 aromatic heterocycles. The SMILES string of the molecule is Cc1ccc(/C=N\NC(=O)CSc2nnc(SCc3cccc4ccccc34)s2)o1. The molecule has 9 heteroatoms. The molecule has 0 atom stereocenters. The van der Waals surface area contributed by atoms with Gasteiger partial charge in [-0.15, -0.1) is 10.2 Å². The van der Waals surface area contributed by atoms with Crippen LogP contribution in [0.2, 0.25) is 0 Å². The summed E-state index contributed by atoms with van der Waals surface area (Å²) in [5.41, 5.74) is 3.75. The first-order valence-corrected chi connectivity index (χ1v) is 11.9. The summed E-state index contributed by atoms with van der Waals surface area (Å²) in [6.07, 6.45) is 1.47. The van der Waals surface area contributed by atoms with Crippen LogP contribution in [0.1, 0.15) is 17.1 Å². The minimum absolute atomic E-state index is 0.209. The number of amides is 1. The van der Waals surface area contributed by atoms with Crippen molar-refractivity contribution in [1.82, 2.24) is 15.6 Å². The van der Waals surface area contributed by atoms with E-state index in [2.05, 4.69) is 57.1 Å². The van der Waals surface area contributed by atoms with Crippen LogP contribution in [-0.4, -0.2) is 28.1 Å². The van der Waals surface area contributed by atoms with E-state index >= 15 is 0 Å². The molecule has 0 spiro atoms. The van der Waals surface area contributed by atoms with Crippen LogP contribution in [0.25, 0.3) is 10.8 Å². The van der Waals surface area contributed by atoms with Crippen molar-refractivity contribution in [2.24, 2.45) is 5.10 Å². The molecule has 30 heavy (non-hydrogen) atoms. The first-order valence-electron chi connectivity index (χ1n) is 9.11. The van der Waals surface area contributed by atoms with Gasteiger partial charge in [-0.1, -0.05) is 77.3 Å². The van der Waals surface area contributed by atoms with Gasteiger partial charge in [0.1, 0.15) is 11.5 Å². The Hall–Kier alpha value is -2.62. The number of nitrogens with zero attached hydrogens (tertiary/aromatic N) is 3. The molecule has 0 saturated heterocycles. The Kier molecular flexibility index (Phi) is 6.83. The molecule has 0 aliphatic rings. The quantitative estimate of drug-likeness (QED) is 0.226. The Morgan fingerprint density at radius 2 is 1.90 bits per heavy atom. The standard InChI is InChI=1S/C21H18N4O2S3/c1-14-9-10-17(27-14)11-22-23-19(26)13-29-21-25-24-20(30-21)28-12-16-7-4-6-15-5-2-3-8-18(15)16/h2-11H,12-13H2,1H3,(H,23,26)/b22-11-. The Morgan fingerprint density at radius 3 is 2.73 bits per heavy atom. The smallest absolute Gasteiger partial charge is 0.250 e. The number of aromatic nitrogens is 2. The highest BCUT2D eigenvalue weighted by Crippen LogP contribution is 2.32. The first kappa shape index (κ1) is 20.6. The zero-order valence-corrected chi connectivity index (χ0v) is 18.5. The zero-order chi connectivity index (χ0) is 20.8. The average molecular weight is 455 g/mol. The van der Waals surface area contributed by atoms with Gasteiger partial charge in [0.15, 0.2) is 8.68 Å². The van der Waals surface area contributed by atoms with Gasteiger partial charge in [0.05, 0.1) is 12.0 Å². The number of hydrazone groups is 1. The van der Waals surface area contributed by atoms with Crippen molar-refractivity contribution >= 4 is 57.8 Å². The third-order valence-electron chi connectivity index (χ3n) is 4.09. The van der Waals surface area contributed by atoms with E-state index in [0.717, 1.165) is 20.2 Å². The van der Waals surface area contributed by atoms with E-state index in [-0.39, 0.29) is 11.7 Å². The van der Waals surface area contributed by atoms with Gasteiger partial charge in [-0.25, -0.2) is 5.43 Å². The van der Waals surface area contributed by atoms with Gasteiger partial charge in [0.2, 0.25) is 0 Å². The number of thioether (sulfide) groups is 2. The molecule has 4 rings (SSSR count). The Labute approximate surface area is 186 Å². The molecule has 6 nitrogen and oxygen atoms in total. The predicted octanol–water partition coefficient (Wildman–Crippen LogP) is 5.13. The van der Waals surface area contributed by atoms with Crippen LogP contribution in [0.4, 0.5) is 0 Å². The molecule has 0 fully saturated rings. The summed E-state index contributed by atoms with van der Waals surface area (Å²) in [7, 11) is 0. The molecule has 0 aliphatic heterocycles. The van der Waals surface area contributed by atoms with Crippen LogP contribution < -0.4 is 5.43 Å². The summed E-state index contributed by atoms with van der Waals surface area (Å²) >= 11 is 4.49. The molecule has 2 heterocycles. The molecule has 4 aromatic rings. The Balaban J connectivity index is 1.26. The number of hydrogen-bond donors (Lipinski definition) is 1. The topological polar surface area (TPSA) is 80.4 Å². The van der Waals surface area contributed by atoms with Crippen molar-refractivity contribution in [2.75, 3.05) is 5.75 Å². The maximum atomic E-state index is 11.9. The van der Waals surface area contributed by atoms with Crippen molar-refractivity contribution in [1.29, 1.82) is 0 Å². The lowest BCUT2D eigenvalue weighted by Gasteiger charge is -2.04. The molecule has 0 saturated carbocycles. The summed E-state index contributed by atoms with van der Waals surface area (Å²) in [4.78, 5) is 11.9. The van der Waals surface area contributed by atoms with Crippen molar-refractivity contribution in [3.8, 4) is 0 Å². The fourth-order valence-corrected chi connectivity index (χ4v) is 5.54. The van der Waals surface area contributed by atoms with Gasteiger partial charge in [-0.3, -0.25) is 4.79 Å². The summed E-state index contributed by atoms with van der Waals surface area (Å²) in [5, 5.41) is 14.8. The van der Waals surface area contributed by atoms with Gasteiger partial charge in [0.25, 0.3) is 5.91 Å². The van der Waals surface area contributed by atoms with Gasteiger partial charge < -0.3 is 4.42 Å². The van der Waals surface area contributed by atoms with E-state index in [4.69, 9.17) is 4.42 Å². The Morgan fingerprint density at radius 1 is 1.10 bits per heavy atom. The van der Waals surface area contributed by atoms with Gasteiger partial charge in [-0.2, -0.15) is 5.10 Å². The van der Waals surface area contributed by atoms with Crippen LogP contribution in [0.5, 0.6) is 0 Å². The molecule has 0 aliphatic carbocycles. The number of nitrogens with one attached hydrogen (secondary N) is 1. The normalized spacial score (nSPS) is 11.4. The average Bonchev–Trinajstić information content (AvgIpc) is 3.39. The van der Waals surface area contributed by atoms with Gasteiger partial charge in [-0.05, 0) is 35.4 Å². The van der Waals surface area contributed by atoms with Crippen molar-refractivity contribution < 1.29 is 9.21 Å². The molecule has 0 unspecified atom stereocenters. The lowest BCUT2D eigenvalue weighted by Crippen LogP contribution is -2.19. The summed E-state index contributed by atoms with van der Waals surface area (Å²) in [5.74, 6) is 2.22. The fourth-order valence-electron chi connectivity index (χ4n) is 2.72. The Bertz CT molecular complexity index is 1180. The summed E-state index contributed by atoms with van der Waals surface area (Å²) in [6, 6.07) is 18.3. The highest BCUT2D eigenvalue weighted by atomic mass is 32.2. The van der Waals surface area contributed by atoms with Crippen molar-refractivity contribution in [3.05, 3.63) is 71.7 Å². The number of carbonyl (C=O) groups excluding carboxylic acids is 1. The molecule has 2 aromatic carbocycles. The number of rotatable bonds is 8. The lowest BCUT2D eigenvalue weighted by atomic mass is 10.1. The van der Waals surface area contributed by atoms with Crippen LogP contribution in [0.15, 0.2) is 72.8 Å². The maximum Gasteiger partial charge on any atom is 0.250 e. The third-order valence-corrected chi connectivity index (χ3v) is 7.33. The monoisotopic (exact) mass is 454 g/mol. The van der Waals surface area contributed by atoms with Crippen molar-refractivity contribution in [3.63, 3.8) is 0 Å². The predicted molar refractivity (Wildman–Crippen MR) is 123 cm³/mol. The number of fused-ring (bicyclic) bond motifs is 1. The summed E-state index contributed by atoms with van der Waals surface area (Å²) in [6.45, 7) is 1.85. The molecular formula is C21H18N4O2S3. The van der Waals surface area contributed by atoms with Crippen LogP contribution in [0.3, 0.4) is 0 Å². The molecule has 1 N–H and O–H groups in total. The van der Waals surface area contributed by atoms with E-state index in [1.165, 1.54) is 45.6 Å². The minimum atomic E-state index is -0.209. The number of furan rings is 1. The van der Waals surface area contributed by atoms with Crippen molar-refractivity contribution in [2.45, 2.75) is 21.4 Å². The number of benzene rings is 2. The van der Waals surface area contributed by atoms with E-state index < -0.39 is 0 Å². The van der Waals surface area contributed by atoms with Crippen LogP contribution in [0, 0.1) is 6.92 Å². The molecule has 152 valence electrons. The minimum Gasteiger partial charge on any atom is -0.460 e. The number of aryl methyl sites for hydroxylation is 1. The van der Waals surface area contributed by atoms with E-state index in [0.29, 0.717) is 5.76 Å². The lowest BCUT2D eigenvalue weighted by molar-refractivity contribution is -0.118. The third kappa shape index (κ3) is 5.50. The second-order valence-electron chi connectivity index (χ2n) is 6.29. The summed E-state index contributed by atoms with van der Waals surface area (Å²) < 4.78 is 7.00. The van der Waals surface area contributed by atoms with E-state index in [9.17, 15) is 4.79 Å². The van der Waals surface area contributed by atoms with Crippen LogP contribution >= 0.6 is 34.9 Å². The number of hydrogen-bond acceptors (Lipinski definition) is 8. The first-order chi connectivity index (χ1) is 14.7. The van der Waals surface area contributed by atoms with E-state index in [1.807, 2.05) is 19.1 Å². The molecule has 1 amide bonds. The molecule has 0 bridgehead atoms. The molecular weight excluding hydrogens is 436 g/mol. The molecule has 0 radical (unpaired) electrons. The fraction of sp³-hybridized carbons (Fsp3) is 0.143. The van der Waals surface area contributed by atoms with E-state index in [1.54, 1.807) is 17.8 Å².